The van der Waals surface area contributed by atoms with Crippen LogP contribution in [-0.4, -0.2) is 19.9 Å². The molecule has 0 fully saturated rings. The first-order valence-electron chi connectivity index (χ1n) is 16.8. The molecule has 0 spiro atoms. The fourth-order valence-electron chi connectivity index (χ4n) is 7.26. The van der Waals surface area contributed by atoms with Crippen LogP contribution in [0.15, 0.2) is 164 Å². The maximum atomic E-state index is 5.27. The molecule has 0 N–H and O–H groups in total. The third-order valence-electron chi connectivity index (χ3n) is 9.63. The van der Waals surface area contributed by atoms with Gasteiger partial charge in [0.25, 0.3) is 0 Å². The van der Waals surface area contributed by atoms with E-state index in [0.717, 1.165) is 51.6 Å². The predicted molar refractivity (Wildman–Crippen MR) is 199 cm³/mol. The van der Waals surface area contributed by atoms with Gasteiger partial charge in [-0.15, -0.1) is 0 Å². The van der Waals surface area contributed by atoms with E-state index in [4.69, 9.17) is 15.0 Å². The highest BCUT2D eigenvalue weighted by molar-refractivity contribution is 5.85. The molecule has 1 aliphatic carbocycles. The van der Waals surface area contributed by atoms with Crippen LogP contribution in [0.25, 0.3) is 67.3 Å². The van der Waals surface area contributed by atoms with Gasteiger partial charge in [0.15, 0.2) is 17.5 Å². The second kappa shape index (κ2) is 12.4. The van der Waals surface area contributed by atoms with Crippen molar-refractivity contribution in [1.29, 1.82) is 0 Å². The Bertz CT molecular complexity index is 2450. The topological polar surface area (TPSA) is 51.6 Å². The highest BCUT2D eigenvalue weighted by atomic mass is 15.0. The summed E-state index contributed by atoms with van der Waals surface area (Å²) in [5.41, 5.74) is 12.6. The minimum atomic E-state index is 0.185. The highest BCUT2D eigenvalue weighted by Gasteiger charge is 2.28. The van der Waals surface area contributed by atoms with E-state index in [1.165, 1.54) is 27.8 Å². The Morgan fingerprint density at radius 3 is 1.98 bits per heavy atom. The van der Waals surface area contributed by atoms with Gasteiger partial charge >= 0.3 is 0 Å². The lowest BCUT2D eigenvalue weighted by Crippen LogP contribution is -2.07. The van der Waals surface area contributed by atoms with Gasteiger partial charge in [-0.1, -0.05) is 140 Å². The number of hydrogen-bond acceptors (Lipinski definition) is 4. The molecule has 0 saturated heterocycles. The standard InChI is InChI=1S/C45H32N4/c1-3-12-30(13-4-1)38-26-25-31-14-7-8-20-37(31)39-21-10-22-40(42(38)39)45-48-43(33-15-5-2-6-16-33)47-44(49-45)36-18-9-17-34(28-36)35-24-23-32-19-11-27-46-41(32)29-35/h1-24,27-29,38H,25-26H2. The summed E-state index contributed by atoms with van der Waals surface area (Å²) in [6.07, 6.45) is 3.83. The Kier molecular flexibility index (Phi) is 7.32. The van der Waals surface area contributed by atoms with Crippen molar-refractivity contribution >= 4 is 10.9 Å². The van der Waals surface area contributed by atoms with E-state index in [-0.39, 0.29) is 5.92 Å². The zero-order valence-corrected chi connectivity index (χ0v) is 26.9. The summed E-state index contributed by atoms with van der Waals surface area (Å²) in [7, 11) is 0. The van der Waals surface area contributed by atoms with Crippen LogP contribution in [0.2, 0.25) is 0 Å². The Morgan fingerprint density at radius 2 is 1.10 bits per heavy atom. The predicted octanol–water partition coefficient (Wildman–Crippen LogP) is 10.8. The molecule has 8 aromatic rings. The van der Waals surface area contributed by atoms with Gasteiger partial charge in [0, 0.05) is 34.2 Å². The number of aromatic nitrogens is 4. The number of pyridine rings is 1. The first-order valence-corrected chi connectivity index (χ1v) is 16.8. The molecule has 0 bridgehead atoms. The molecule has 0 radical (unpaired) electrons. The lowest BCUT2D eigenvalue weighted by molar-refractivity contribution is 0.726. The molecule has 2 heterocycles. The molecule has 9 rings (SSSR count). The van der Waals surface area contributed by atoms with Gasteiger partial charge in [-0.05, 0) is 70.0 Å². The van der Waals surface area contributed by atoms with Crippen molar-refractivity contribution in [2.24, 2.45) is 0 Å². The largest absolute Gasteiger partial charge is 0.256 e. The van der Waals surface area contributed by atoms with Gasteiger partial charge in [0.2, 0.25) is 0 Å². The van der Waals surface area contributed by atoms with E-state index in [9.17, 15) is 0 Å². The van der Waals surface area contributed by atoms with Crippen molar-refractivity contribution in [1.82, 2.24) is 19.9 Å². The summed E-state index contributed by atoms with van der Waals surface area (Å²) in [5, 5.41) is 1.12. The molecule has 4 nitrogen and oxygen atoms in total. The van der Waals surface area contributed by atoms with E-state index in [0.29, 0.717) is 17.5 Å². The van der Waals surface area contributed by atoms with Crippen LogP contribution in [0, 0.1) is 0 Å². The number of hydrogen-bond donors (Lipinski definition) is 0. The first kappa shape index (κ1) is 28.9. The normalized spacial score (nSPS) is 13.8. The maximum absolute atomic E-state index is 5.27. The van der Waals surface area contributed by atoms with Crippen molar-refractivity contribution in [3.63, 3.8) is 0 Å². The number of nitrogens with zero attached hydrogens (tertiary/aromatic N) is 4. The minimum absolute atomic E-state index is 0.185. The zero-order valence-electron chi connectivity index (χ0n) is 26.9. The van der Waals surface area contributed by atoms with Gasteiger partial charge in [-0.2, -0.15) is 0 Å². The van der Waals surface area contributed by atoms with E-state index in [1.807, 2.05) is 30.5 Å². The Balaban J connectivity index is 1.25. The van der Waals surface area contributed by atoms with Gasteiger partial charge in [0.05, 0.1) is 5.52 Å². The van der Waals surface area contributed by atoms with Gasteiger partial charge < -0.3 is 0 Å². The maximum Gasteiger partial charge on any atom is 0.164 e. The Morgan fingerprint density at radius 1 is 0.449 bits per heavy atom. The van der Waals surface area contributed by atoms with Crippen molar-refractivity contribution in [3.05, 3.63) is 181 Å². The van der Waals surface area contributed by atoms with Crippen LogP contribution in [0.1, 0.15) is 29.0 Å². The second-order valence-corrected chi connectivity index (χ2v) is 12.6. The molecule has 1 aliphatic rings. The third-order valence-corrected chi connectivity index (χ3v) is 9.63. The fourth-order valence-corrected chi connectivity index (χ4v) is 7.26. The highest BCUT2D eigenvalue weighted by Crippen LogP contribution is 2.45. The van der Waals surface area contributed by atoms with E-state index >= 15 is 0 Å². The van der Waals surface area contributed by atoms with Crippen molar-refractivity contribution in [2.45, 2.75) is 18.8 Å². The lowest BCUT2D eigenvalue weighted by atomic mass is 9.82. The zero-order chi connectivity index (χ0) is 32.6. The lowest BCUT2D eigenvalue weighted by Gasteiger charge is -2.22. The second-order valence-electron chi connectivity index (χ2n) is 12.6. The SMILES string of the molecule is c1ccc(-c2nc(-c3cccc(-c4ccc5cccnc5c4)c3)nc(-c3cccc4c3C(c3ccccc3)CCc3ccccc3-4)n2)cc1. The van der Waals surface area contributed by atoms with Crippen molar-refractivity contribution in [3.8, 4) is 56.4 Å². The molecule has 1 unspecified atom stereocenters. The number of benzene rings is 6. The fraction of sp³-hybridized carbons (Fsp3) is 0.0667. The van der Waals surface area contributed by atoms with Crippen LogP contribution in [0.3, 0.4) is 0 Å². The summed E-state index contributed by atoms with van der Waals surface area (Å²) in [6.45, 7) is 0. The molecule has 0 saturated carbocycles. The van der Waals surface area contributed by atoms with Crippen LogP contribution in [-0.2, 0) is 6.42 Å². The molecular weight excluding hydrogens is 597 g/mol. The summed E-state index contributed by atoms with van der Waals surface area (Å²) >= 11 is 0. The van der Waals surface area contributed by atoms with Crippen molar-refractivity contribution < 1.29 is 0 Å². The Labute approximate surface area is 285 Å². The van der Waals surface area contributed by atoms with E-state index in [1.54, 1.807) is 0 Å². The molecular formula is C45H32N4. The molecule has 232 valence electrons. The van der Waals surface area contributed by atoms with Gasteiger partial charge in [-0.3, -0.25) is 4.98 Å². The third kappa shape index (κ3) is 5.47. The number of rotatable bonds is 5. The van der Waals surface area contributed by atoms with Crippen molar-refractivity contribution in [2.75, 3.05) is 0 Å². The molecule has 49 heavy (non-hydrogen) atoms. The summed E-state index contributed by atoms with van der Waals surface area (Å²) < 4.78 is 0. The van der Waals surface area contributed by atoms with Crippen LogP contribution >= 0.6 is 0 Å². The quantitative estimate of drug-likeness (QED) is 0.190. The number of fused-ring (bicyclic) bond motifs is 4. The summed E-state index contributed by atoms with van der Waals surface area (Å²) in [5.74, 6) is 2.17. The monoisotopic (exact) mass is 628 g/mol. The molecule has 6 aromatic carbocycles. The summed E-state index contributed by atoms with van der Waals surface area (Å²) in [6, 6.07) is 55.5. The molecule has 2 aromatic heterocycles. The van der Waals surface area contributed by atoms with Crippen LogP contribution in [0.5, 0.6) is 0 Å². The smallest absolute Gasteiger partial charge is 0.164 e. The van der Waals surface area contributed by atoms with Gasteiger partial charge in [-0.25, -0.2) is 15.0 Å². The molecule has 0 aliphatic heterocycles. The summed E-state index contributed by atoms with van der Waals surface area (Å²) in [4.78, 5) is 20.2. The number of aryl methyl sites for hydroxylation is 1. The first-order chi connectivity index (χ1) is 24.3. The average Bonchev–Trinajstić information content (AvgIpc) is 3.35. The van der Waals surface area contributed by atoms with Crippen LogP contribution in [0.4, 0.5) is 0 Å². The molecule has 4 heteroatoms. The average molecular weight is 629 g/mol. The Hall–Kier alpha value is -6.26. The van der Waals surface area contributed by atoms with Gasteiger partial charge in [0.1, 0.15) is 0 Å². The molecule has 0 amide bonds. The van der Waals surface area contributed by atoms with E-state index in [2.05, 4.69) is 138 Å². The van der Waals surface area contributed by atoms with Crippen LogP contribution < -0.4 is 0 Å². The van der Waals surface area contributed by atoms with E-state index < -0.39 is 0 Å². The molecule has 1 atom stereocenters. The minimum Gasteiger partial charge on any atom is -0.256 e.